The molecule has 0 bridgehead atoms. The van der Waals surface area contributed by atoms with Crippen molar-refractivity contribution in [3.63, 3.8) is 0 Å². The first-order valence-electron chi connectivity index (χ1n) is 3.62. The molecular weight excluding hydrogens is 206 g/mol. The highest BCUT2D eigenvalue weighted by molar-refractivity contribution is 7.96. The molecule has 6 nitrogen and oxygen atoms in total. The number of rotatable bonds is 3. The Labute approximate surface area is 86.1 Å². The summed E-state index contributed by atoms with van der Waals surface area (Å²) in [6.07, 6.45) is 0. The number of nitrogens with zero attached hydrogens (tertiary/aromatic N) is 2. The molecule has 0 saturated carbocycles. The van der Waals surface area contributed by atoms with E-state index in [0.717, 1.165) is 0 Å². The van der Waals surface area contributed by atoms with E-state index in [1.807, 2.05) is 0 Å². The number of carbonyl (C=O) groups excluding carboxylic acids is 1. The van der Waals surface area contributed by atoms with Gasteiger partial charge in [0.15, 0.2) is 0 Å². The van der Waals surface area contributed by atoms with Gasteiger partial charge in [-0.3, -0.25) is 10.1 Å². The fourth-order valence-corrected chi connectivity index (χ4v) is 0.865. The highest BCUT2D eigenvalue weighted by Crippen LogP contribution is 2.17. The topological polar surface area (TPSA) is 73.3 Å². The summed E-state index contributed by atoms with van der Waals surface area (Å²) in [6, 6.07) is 1.49. The number of ether oxygens (including phenoxy) is 2. The van der Waals surface area contributed by atoms with Crippen molar-refractivity contribution < 1.29 is 14.3 Å². The van der Waals surface area contributed by atoms with Gasteiger partial charge in [0.1, 0.15) is 0 Å². The van der Waals surface area contributed by atoms with Crippen LogP contribution >= 0.6 is 12.6 Å². The molecule has 1 rings (SSSR count). The van der Waals surface area contributed by atoms with Gasteiger partial charge in [0.2, 0.25) is 17.7 Å². The van der Waals surface area contributed by atoms with Gasteiger partial charge < -0.3 is 9.47 Å². The zero-order chi connectivity index (χ0) is 10.6. The number of nitrogens with one attached hydrogen (secondary N) is 1. The molecule has 0 aliphatic carbocycles. The summed E-state index contributed by atoms with van der Waals surface area (Å²) in [5.74, 6) is 0.684. The van der Waals surface area contributed by atoms with Crippen LogP contribution in [0.2, 0.25) is 0 Å². The van der Waals surface area contributed by atoms with E-state index in [1.54, 1.807) is 0 Å². The van der Waals surface area contributed by atoms with Gasteiger partial charge in [0.05, 0.1) is 20.3 Å². The first kappa shape index (κ1) is 10.6. The lowest BCUT2D eigenvalue weighted by Gasteiger charge is -2.05. The molecule has 0 aliphatic rings. The van der Waals surface area contributed by atoms with Crippen LogP contribution in [0, 0.1) is 0 Å². The van der Waals surface area contributed by atoms with Gasteiger partial charge in [0, 0.05) is 0 Å². The van der Waals surface area contributed by atoms with Crippen molar-refractivity contribution in [2.45, 2.75) is 0 Å². The summed E-state index contributed by atoms with van der Waals surface area (Å²) in [4.78, 5) is 18.3. The Kier molecular flexibility index (Phi) is 3.52. The molecular formula is C7H9N3O3S. The van der Waals surface area contributed by atoms with E-state index in [2.05, 4.69) is 27.9 Å². The van der Waals surface area contributed by atoms with Gasteiger partial charge in [-0.2, -0.15) is 9.97 Å². The van der Waals surface area contributed by atoms with Crippen molar-refractivity contribution in [1.82, 2.24) is 9.97 Å². The second kappa shape index (κ2) is 4.66. The Morgan fingerprint density at radius 1 is 1.36 bits per heavy atom. The van der Waals surface area contributed by atoms with Gasteiger partial charge in [-0.05, 0) is 0 Å². The zero-order valence-corrected chi connectivity index (χ0v) is 8.54. The lowest BCUT2D eigenvalue weighted by atomic mass is 10.6. The monoisotopic (exact) mass is 215 g/mol. The van der Waals surface area contributed by atoms with Crippen molar-refractivity contribution in [2.75, 3.05) is 19.5 Å². The summed E-state index contributed by atoms with van der Waals surface area (Å²) in [6.45, 7) is 0. The number of methoxy groups -OCH3 is 2. The third kappa shape index (κ3) is 2.77. The van der Waals surface area contributed by atoms with Crippen LogP contribution in [-0.2, 0) is 0 Å². The molecule has 7 heteroatoms. The van der Waals surface area contributed by atoms with Crippen LogP contribution in [0.3, 0.4) is 0 Å². The Hall–Kier alpha value is -1.50. The molecule has 0 spiro atoms. The van der Waals surface area contributed by atoms with Crippen molar-refractivity contribution in [3.05, 3.63) is 6.07 Å². The Balaban J connectivity index is 2.98. The van der Waals surface area contributed by atoms with E-state index in [1.165, 1.54) is 20.3 Å². The number of anilines is 1. The number of hydrogen-bond donors (Lipinski definition) is 2. The molecule has 1 amide bonds. The van der Waals surface area contributed by atoms with Crippen LogP contribution in [0.5, 0.6) is 11.8 Å². The van der Waals surface area contributed by atoms with Crippen LogP contribution in [0.4, 0.5) is 10.7 Å². The summed E-state index contributed by atoms with van der Waals surface area (Å²) >= 11 is 3.52. The van der Waals surface area contributed by atoms with Gasteiger partial charge in [-0.1, -0.05) is 12.6 Å². The average Bonchev–Trinajstić information content (AvgIpc) is 2.16. The molecule has 0 saturated heterocycles. The summed E-state index contributed by atoms with van der Waals surface area (Å²) in [5, 5.41) is 1.74. The zero-order valence-electron chi connectivity index (χ0n) is 7.64. The van der Waals surface area contributed by atoms with Crippen molar-refractivity contribution in [3.8, 4) is 11.8 Å². The maximum absolute atomic E-state index is 10.6. The first-order chi connectivity index (χ1) is 6.65. The van der Waals surface area contributed by atoms with Crippen molar-refractivity contribution in [1.29, 1.82) is 0 Å². The summed E-state index contributed by atoms with van der Waals surface area (Å²) < 4.78 is 9.74. The third-order valence-corrected chi connectivity index (χ3v) is 1.43. The number of hydrogen-bond acceptors (Lipinski definition) is 5. The Bertz CT molecular complexity index is 323. The first-order valence-corrected chi connectivity index (χ1v) is 4.07. The largest absolute Gasteiger partial charge is 0.481 e. The molecule has 1 heterocycles. The molecule has 14 heavy (non-hydrogen) atoms. The third-order valence-electron chi connectivity index (χ3n) is 1.32. The van der Waals surface area contributed by atoms with E-state index in [-0.39, 0.29) is 5.95 Å². The molecule has 1 N–H and O–H groups in total. The SMILES string of the molecule is COc1cc(OC)nc(NC(=O)S)n1. The standard InChI is InChI=1S/C7H9N3O3S/c1-12-4-3-5(13-2)9-6(8-4)10-7(11)14/h3H,1-2H3,(H2,8,9,10,11,14). The van der Waals surface area contributed by atoms with Crippen molar-refractivity contribution >= 4 is 23.8 Å². The normalized spacial score (nSPS) is 9.36. The second-order valence-electron chi connectivity index (χ2n) is 2.21. The Morgan fingerprint density at radius 3 is 2.21 bits per heavy atom. The summed E-state index contributed by atoms with van der Waals surface area (Å²) in [5.41, 5.74) is 0. The number of aromatic nitrogens is 2. The molecule has 1 aromatic rings. The molecule has 0 aliphatic heterocycles. The van der Waals surface area contributed by atoms with Crippen LogP contribution < -0.4 is 14.8 Å². The predicted molar refractivity (Wildman–Crippen MR) is 53.1 cm³/mol. The predicted octanol–water partition coefficient (Wildman–Crippen LogP) is 0.955. The van der Waals surface area contributed by atoms with E-state index in [9.17, 15) is 4.79 Å². The maximum Gasteiger partial charge on any atom is 0.282 e. The smallest absolute Gasteiger partial charge is 0.282 e. The molecule has 0 aromatic carbocycles. The average molecular weight is 215 g/mol. The molecule has 0 atom stereocenters. The van der Waals surface area contributed by atoms with Crippen LogP contribution in [-0.4, -0.2) is 29.4 Å². The highest BCUT2D eigenvalue weighted by atomic mass is 32.1. The molecule has 0 radical (unpaired) electrons. The van der Waals surface area contributed by atoms with E-state index in [4.69, 9.17) is 9.47 Å². The second-order valence-corrected chi connectivity index (χ2v) is 2.61. The van der Waals surface area contributed by atoms with Crippen LogP contribution in [0.25, 0.3) is 0 Å². The van der Waals surface area contributed by atoms with Gasteiger partial charge in [0.25, 0.3) is 5.24 Å². The van der Waals surface area contributed by atoms with Crippen LogP contribution in [0.1, 0.15) is 0 Å². The Morgan fingerprint density at radius 2 is 1.86 bits per heavy atom. The van der Waals surface area contributed by atoms with Gasteiger partial charge in [-0.15, -0.1) is 0 Å². The van der Waals surface area contributed by atoms with Gasteiger partial charge >= 0.3 is 0 Å². The minimum absolute atomic E-state index is 0.0844. The lowest BCUT2D eigenvalue weighted by molar-refractivity contribution is 0.270. The molecule has 0 unspecified atom stereocenters. The molecule has 1 aromatic heterocycles. The summed E-state index contributed by atoms with van der Waals surface area (Å²) in [7, 11) is 2.90. The van der Waals surface area contributed by atoms with Gasteiger partial charge in [-0.25, -0.2) is 0 Å². The molecule has 76 valence electrons. The van der Waals surface area contributed by atoms with E-state index >= 15 is 0 Å². The maximum atomic E-state index is 10.6. The fourth-order valence-electron chi connectivity index (χ4n) is 0.765. The minimum Gasteiger partial charge on any atom is -0.481 e. The quantitative estimate of drug-likeness (QED) is 0.734. The molecule has 0 fully saturated rings. The number of amides is 1. The highest BCUT2D eigenvalue weighted by Gasteiger charge is 2.06. The number of thiol groups is 1. The fraction of sp³-hybridized carbons (Fsp3) is 0.286. The van der Waals surface area contributed by atoms with Crippen LogP contribution in [0.15, 0.2) is 6.07 Å². The van der Waals surface area contributed by atoms with Crippen molar-refractivity contribution in [2.24, 2.45) is 0 Å². The minimum atomic E-state index is -0.555. The number of carbonyl (C=O) groups is 1. The van der Waals surface area contributed by atoms with E-state index < -0.39 is 5.24 Å². The lowest BCUT2D eigenvalue weighted by Crippen LogP contribution is -2.07. The van der Waals surface area contributed by atoms with E-state index in [0.29, 0.717) is 11.8 Å².